The lowest BCUT2D eigenvalue weighted by atomic mass is 10.2. The highest BCUT2D eigenvalue weighted by Gasteiger charge is 2.23. The van der Waals surface area contributed by atoms with E-state index in [2.05, 4.69) is 10.2 Å². The highest BCUT2D eigenvalue weighted by Crippen LogP contribution is 2.31. The molecular weight excluding hydrogens is 318 g/mol. The van der Waals surface area contributed by atoms with Gasteiger partial charge in [-0.2, -0.15) is 0 Å². The summed E-state index contributed by atoms with van der Waals surface area (Å²) in [6.45, 7) is 4.56. The van der Waals surface area contributed by atoms with Crippen molar-refractivity contribution < 1.29 is 17.9 Å². The number of hydrogen-bond donors (Lipinski definition) is 1. The number of carbonyl (C=O) groups excluding carboxylic acids is 1. The zero-order chi connectivity index (χ0) is 16.9. The van der Waals surface area contributed by atoms with Crippen molar-refractivity contribution in [1.82, 2.24) is 5.32 Å². The molecule has 0 unspecified atom stereocenters. The zero-order valence-electron chi connectivity index (χ0n) is 13.5. The van der Waals surface area contributed by atoms with E-state index in [0.29, 0.717) is 18.9 Å². The fourth-order valence-electron chi connectivity index (χ4n) is 2.55. The van der Waals surface area contributed by atoms with E-state index in [4.69, 9.17) is 4.74 Å². The molecule has 2 rings (SSSR count). The average Bonchev–Trinajstić information content (AvgIpc) is 2.51. The number of anilines is 2. The van der Waals surface area contributed by atoms with Crippen molar-refractivity contribution in [2.45, 2.75) is 6.92 Å². The van der Waals surface area contributed by atoms with Gasteiger partial charge in [0, 0.05) is 26.6 Å². The normalized spacial score (nSPS) is 15.3. The Hall–Kier alpha value is -1.80. The monoisotopic (exact) mass is 341 g/mol. The largest absolute Gasteiger partial charge is 0.378 e. The van der Waals surface area contributed by atoms with Gasteiger partial charge in [-0.15, -0.1) is 0 Å². The maximum Gasteiger partial charge on any atom is 0.232 e. The quantitative estimate of drug-likeness (QED) is 0.811. The molecule has 0 aromatic heterocycles. The van der Waals surface area contributed by atoms with Gasteiger partial charge in [-0.3, -0.25) is 9.10 Å². The number of para-hydroxylation sites is 2. The van der Waals surface area contributed by atoms with E-state index in [-0.39, 0.29) is 19.0 Å². The number of amides is 1. The molecule has 1 saturated heterocycles. The van der Waals surface area contributed by atoms with Crippen LogP contribution in [0.5, 0.6) is 0 Å². The third-order valence-corrected chi connectivity index (χ3v) is 4.77. The van der Waals surface area contributed by atoms with E-state index < -0.39 is 10.0 Å². The van der Waals surface area contributed by atoms with Crippen LogP contribution in [0, 0.1) is 0 Å². The molecular formula is C15H23N3O4S. The number of rotatable bonds is 6. The van der Waals surface area contributed by atoms with E-state index >= 15 is 0 Å². The molecule has 0 spiro atoms. The lowest BCUT2D eigenvalue weighted by molar-refractivity contribution is -0.118. The van der Waals surface area contributed by atoms with Crippen molar-refractivity contribution in [3.8, 4) is 0 Å². The summed E-state index contributed by atoms with van der Waals surface area (Å²) < 4.78 is 31.1. The second-order valence-electron chi connectivity index (χ2n) is 5.41. The van der Waals surface area contributed by atoms with Crippen LogP contribution in [0.4, 0.5) is 11.4 Å². The minimum absolute atomic E-state index is 0.181. The molecule has 0 saturated carbocycles. The highest BCUT2D eigenvalue weighted by atomic mass is 32.2. The van der Waals surface area contributed by atoms with Crippen LogP contribution in [0.3, 0.4) is 0 Å². The average molecular weight is 341 g/mol. The summed E-state index contributed by atoms with van der Waals surface area (Å²) >= 11 is 0. The van der Waals surface area contributed by atoms with Crippen LogP contribution in [0.15, 0.2) is 24.3 Å². The van der Waals surface area contributed by atoms with Crippen molar-refractivity contribution in [1.29, 1.82) is 0 Å². The van der Waals surface area contributed by atoms with Crippen molar-refractivity contribution >= 4 is 27.3 Å². The summed E-state index contributed by atoms with van der Waals surface area (Å²) in [5, 5.41) is 2.64. The number of nitrogens with zero attached hydrogens (tertiary/aromatic N) is 2. The van der Waals surface area contributed by atoms with Gasteiger partial charge in [-0.1, -0.05) is 12.1 Å². The van der Waals surface area contributed by atoms with Crippen molar-refractivity contribution in [3.63, 3.8) is 0 Å². The SMILES string of the molecule is CC(=O)NCCN(c1ccccc1N1CCOCC1)S(C)(=O)=O. The highest BCUT2D eigenvalue weighted by molar-refractivity contribution is 7.92. The molecule has 1 aromatic carbocycles. The van der Waals surface area contributed by atoms with Gasteiger partial charge in [-0.25, -0.2) is 8.42 Å². The Morgan fingerprint density at radius 1 is 1.30 bits per heavy atom. The molecule has 1 heterocycles. The Morgan fingerprint density at radius 2 is 1.96 bits per heavy atom. The first-order valence-corrected chi connectivity index (χ1v) is 9.38. The fourth-order valence-corrected chi connectivity index (χ4v) is 3.48. The van der Waals surface area contributed by atoms with Crippen LogP contribution in [0.2, 0.25) is 0 Å². The minimum atomic E-state index is -3.45. The van der Waals surface area contributed by atoms with Crippen molar-refractivity contribution in [2.75, 3.05) is 54.9 Å². The molecule has 8 heteroatoms. The summed E-state index contributed by atoms with van der Waals surface area (Å²) in [4.78, 5) is 13.1. The number of benzene rings is 1. The Bertz CT molecular complexity index is 642. The second kappa shape index (κ2) is 7.65. The predicted octanol–water partition coefficient (Wildman–Crippen LogP) is 0.425. The first kappa shape index (κ1) is 17.6. The second-order valence-corrected chi connectivity index (χ2v) is 7.31. The van der Waals surface area contributed by atoms with Gasteiger partial charge in [0.05, 0.1) is 37.4 Å². The lowest BCUT2D eigenvalue weighted by Crippen LogP contribution is -2.40. The summed E-state index contributed by atoms with van der Waals surface area (Å²) in [5.74, 6) is -0.181. The Kier molecular flexibility index (Phi) is 5.84. The molecule has 1 aliphatic heterocycles. The van der Waals surface area contributed by atoms with Gasteiger partial charge in [0.25, 0.3) is 0 Å². The van der Waals surface area contributed by atoms with E-state index in [9.17, 15) is 13.2 Å². The lowest BCUT2D eigenvalue weighted by Gasteiger charge is -2.33. The molecule has 128 valence electrons. The fraction of sp³-hybridized carbons (Fsp3) is 0.533. The molecule has 1 fully saturated rings. The van der Waals surface area contributed by atoms with Gasteiger partial charge >= 0.3 is 0 Å². The van der Waals surface area contributed by atoms with Crippen molar-refractivity contribution in [3.05, 3.63) is 24.3 Å². The van der Waals surface area contributed by atoms with Crippen LogP contribution >= 0.6 is 0 Å². The molecule has 0 radical (unpaired) electrons. The Balaban J connectivity index is 2.29. The molecule has 0 bridgehead atoms. The Labute approximate surface area is 137 Å². The van der Waals surface area contributed by atoms with Gasteiger partial charge in [-0.05, 0) is 12.1 Å². The van der Waals surface area contributed by atoms with E-state index in [1.165, 1.54) is 17.5 Å². The van der Waals surface area contributed by atoms with Gasteiger partial charge in [0.2, 0.25) is 15.9 Å². The molecule has 23 heavy (non-hydrogen) atoms. The van der Waals surface area contributed by atoms with Crippen molar-refractivity contribution in [2.24, 2.45) is 0 Å². The molecule has 1 amide bonds. The van der Waals surface area contributed by atoms with E-state index in [1.807, 2.05) is 18.2 Å². The van der Waals surface area contributed by atoms with Crippen LogP contribution in [0.1, 0.15) is 6.92 Å². The molecule has 7 nitrogen and oxygen atoms in total. The van der Waals surface area contributed by atoms with Crippen LogP contribution in [0.25, 0.3) is 0 Å². The van der Waals surface area contributed by atoms with Gasteiger partial charge < -0.3 is 15.0 Å². The van der Waals surface area contributed by atoms with Gasteiger partial charge in [0.15, 0.2) is 0 Å². The molecule has 0 aliphatic carbocycles. The summed E-state index contributed by atoms with van der Waals surface area (Å²) in [6.07, 6.45) is 1.18. The van der Waals surface area contributed by atoms with E-state index in [0.717, 1.165) is 18.8 Å². The first-order chi connectivity index (χ1) is 10.9. The first-order valence-electron chi connectivity index (χ1n) is 7.53. The summed E-state index contributed by atoms with van der Waals surface area (Å²) in [7, 11) is -3.45. The Morgan fingerprint density at radius 3 is 2.57 bits per heavy atom. The topological polar surface area (TPSA) is 79.0 Å². The maximum absolute atomic E-state index is 12.2. The summed E-state index contributed by atoms with van der Waals surface area (Å²) in [5.41, 5.74) is 1.49. The third kappa shape index (κ3) is 4.84. The van der Waals surface area contributed by atoms with Crippen LogP contribution < -0.4 is 14.5 Å². The molecule has 1 aromatic rings. The van der Waals surface area contributed by atoms with Gasteiger partial charge in [0.1, 0.15) is 0 Å². The third-order valence-electron chi connectivity index (χ3n) is 3.59. The maximum atomic E-state index is 12.2. The molecule has 0 atom stereocenters. The molecule has 1 aliphatic rings. The van der Waals surface area contributed by atoms with Crippen LogP contribution in [-0.2, 0) is 19.6 Å². The zero-order valence-corrected chi connectivity index (χ0v) is 14.3. The number of ether oxygens (including phenoxy) is 1. The number of sulfonamides is 1. The summed E-state index contributed by atoms with van der Waals surface area (Å²) in [6, 6.07) is 7.41. The van der Waals surface area contributed by atoms with Crippen LogP contribution in [-0.4, -0.2) is 60.0 Å². The number of carbonyl (C=O) groups is 1. The number of nitrogens with one attached hydrogen (secondary N) is 1. The number of hydrogen-bond acceptors (Lipinski definition) is 5. The number of morpholine rings is 1. The predicted molar refractivity (Wildman–Crippen MR) is 90.3 cm³/mol. The van der Waals surface area contributed by atoms with E-state index in [1.54, 1.807) is 6.07 Å². The molecule has 1 N–H and O–H groups in total. The standard InChI is InChI=1S/C15H23N3O4S/c1-13(19)16-7-8-18(23(2,20)21)15-6-4-3-5-14(15)17-9-11-22-12-10-17/h3-6H,7-12H2,1-2H3,(H,16,19). The smallest absolute Gasteiger partial charge is 0.232 e. The minimum Gasteiger partial charge on any atom is -0.378 e.